The third-order valence-corrected chi connectivity index (χ3v) is 7.84. The van der Waals surface area contributed by atoms with Crippen molar-refractivity contribution in [3.8, 4) is 0 Å². The highest BCUT2D eigenvalue weighted by Crippen LogP contribution is 2.33. The van der Waals surface area contributed by atoms with Crippen LogP contribution in [0.3, 0.4) is 0 Å². The van der Waals surface area contributed by atoms with Gasteiger partial charge < -0.3 is 15.1 Å². The van der Waals surface area contributed by atoms with E-state index in [1.807, 2.05) is 11.8 Å². The summed E-state index contributed by atoms with van der Waals surface area (Å²) in [5.74, 6) is 2.29. The fraction of sp³-hybridized carbons (Fsp3) is 0.667. The summed E-state index contributed by atoms with van der Waals surface area (Å²) in [6, 6.07) is 1.47. The van der Waals surface area contributed by atoms with Gasteiger partial charge in [0.25, 0.3) is 5.91 Å². The number of carbonyl (C=O) groups is 1. The Balaban J connectivity index is 1.27. The minimum absolute atomic E-state index is 0.0481. The van der Waals surface area contributed by atoms with Crippen molar-refractivity contribution >= 4 is 29.1 Å². The summed E-state index contributed by atoms with van der Waals surface area (Å²) in [5, 5.41) is 11.9. The third kappa shape index (κ3) is 3.43. The molecule has 1 N–H and O–H groups in total. The van der Waals surface area contributed by atoms with Crippen LogP contribution in [0.5, 0.6) is 0 Å². The Labute approximate surface area is 171 Å². The first-order valence-electron chi connectivity index (χ1n) is 10.6. The smallest absolute Gasteiger partial charge is 0.272 e. The molecular weight excluding hydrogens is 370 g/mol. The second-order valence-corrected chi connectivity index (χ2v) is 9.76. The molecular formula is C21H29N5OS. The second-order valence-electron chi connectivity index (χ2n) is 8.53. The molecule has 3 saturated heterocycles. The minimum Gasteiger partial charge on any atom is -0.370 e. The van der Waals surface area contributed by atoms with Crippen LogP contribution in [0.4, 0.5) is 0 Å². The summed E-state index contributed by atoms with van der Waals surface area (Å²) in [7, 11) is 2.24. The van der Waals surface area contributed by atoms with Gasteiger partial charge in [-0.15, -0.1) is 5.10 Å². The molecule has 150 valence electrons. The molecule has 2 unspecified atom stereocenters. The van der Waals surface area contributed by atoms with Gasteiger partial charge in [-0.3, -0.25) is 4.79 Å². The summed E-state index contributed by atoms with van der Waals surface area (Å²) in [6.07, 6.45) is 11.1. The van der Waals surface area contributed by atoms with E-state index >= 15 is 0 Å². The van der Waals surface area contributed by atoms with Crippen molar-refractivity contribution in [3.63, 3.8) is 0 Å². The van der Waals surface area contributed by atoms with Crippen LogP contribution >= 0.6 is 11.8 Å². The molecule has 0 radical (unpaired) electrons. The van der Waals surface area contributed by atoms with E-state index < -0.39 is 0 Å². The lowest BCUT2D eigenvalue weighted by molar-refractivity contribution is -0.116. The summed E-state index contributed by atoms with van der Waals surface area (Å²) >= 11 is 2.01. The van der Waals surface area contributed by atoms with Gasteiger partial charge >= 0.3 is 0 Å². The zero-order valence-corrected chi connectivity index (χ0v) is 17.4. The number of rotatable bonds is 3. The number of allylic oxidation sites excluding steroid dienone is 2. The number of nitrogens with zero attached hydrogens (tertiary/aromatic N) is 4. The maximum atomic E-state index is 13.0. The third-order valence-electron chi connectivity index (χ3n) is 6.90. The van der Waals surface area contributed by atoms with Crippen LogP contribution < -0.4 is 5.32 Å². The van der Waals surface area contributed by atoms with Gasteiger partial charge in [0.05, 0.1) is 5.71 Å². The van der Waals surface area contributed by atoms with E-state index in [-0.39, 0.29) is 11.9 Å². The molecule has 3 fully saturated rings. The molecule has 0 aromatic heterocycles. The van der Waals surface area contributed by atoms with E-state index in [0.717, 1.165) is 43.6 Å². The lowest BCUT2D eigenvalue weighted by Gasteiger charge is -2.47. The van der Waals surface area contributed by atoms with Crippen LogP contribution in [-0.2, 0) is 4.79 Å². The van der Waals surface area contributed by atoms with Crippen molar-refractivity contribution in [2.75, 3.05) is 31.6 Å². The minimum atomic E-state index is -0.0481. The molecule has 28 heavy (non-hydrogen) atoms. The summed E-state index contributed by atoms with van der Waals surface area (Å²) in [5.41, 5.74) is 3.60. The maximum Gasteiger partial charge on any atom is 0.272 e. The predicted octanol–water partition coefficient (Wildman–Crippen LogP) is 2.19. The summed E-state index contributed by atoms with van der Waals surface area (Å²) in [4.78, 5) is 18.0. The SMILES string of the molecule is CN1C2CCCC1CC(NC(=O)C1=NN=C3CC=C(N4CCSCC4)C=C31)C2. The molecule has 0 aromatic rings. The van der Waals surface area contributed by atoms with Crippen LogP contribution in [0, 0.1) is 0 Å². The molecule has 1 aliphatic carbocycles. The number of piperidine rings is 2. The standard InChI is InChI=1S/C21H29N5OS/c1-25-15-3-2-4-16(25)12-14(11-15)22-21(27)20-18-13-17(5-6-19(18)23-24-20)26-7-9-28-10-8-26/h5,13-16H,2-4,6-12H2,1H3,(H,22,27). The highest BCUT2D eigenvalue weighted by atomic mass is 32.2. The van der Waals surface area contributed by atoms with E-state index in [4.69, 9.17) is 0 Å². The Morgan fingerprint density at radius 1 is 1.18 bits per heavy atom. The number of hydrogen-bond donors (Lipinski definition) is 1. The van der Waals surface area contributed by atoms with E-state index in [0.29, 0.717) is 17.8 Å². The Morgan fingerprint density at radius 3 is 2.68 bits per heavy atom. The second kappa shape index (κ2) is 7.67. The van der Waals surface area contributed by atoms with Crippen LogP contribution in [0.25, 0.3) is 0 Å². The van der Waals surface area contributed by atoms with Crippen molar-refractivity contribution < 1.29 is 4.79 Å². The Hall–Kier alpha value is -1.60. The van der Waals surface area contributed by atoms with Gasteiger partial charge in [0.2, 0.25) is 0 Å². The average molecular weight is 400 g/mol. The maximum absolute atomic E-state index is 13.0. The Morgan fingerprint density at radius 2 is 1.93 bits per heavy atom. The highest BCUT2D eigenvalue weighted by Gasteiger charge is 2.38. The highest BCUT2D eigenvalue weighted by molar-refractivity contribution is 7.99. The van der Waals surface area contributed by atoms with Crippen molar-refractivity contribution in [2.45, 2.75) is 56.7 Å². The van der Waals surface area contributed by atoms with E-state index in [2.05, 4.69) is 44.5 Å². The molecule has 0 saturated carbocycles. The van der Waals surface area contributed by atoms with E-state index in [1.165, 1.54) is 36.5 Å². The zero-order valence-electron chi connectivity index (χ0n) is 16.6. The summed E-state index contributed by atoms with van der Waals surface area (Å²) in [6.45, 7) is 2.15. The van der Waals surface area contributed by atoms with Gasteiger partial charge in [0.1, 0.15) is 0 Å². The van der Waals surface area contributed by atoms with Gasteiger partial charge in [-0.1, -0.05) is 12.5 Å². The van der Waals surface area contributed by atoms with Gasteiger partial charge in [0.15, 0.2) is 5.71 Å². The normalized spacial score (nSPS) is 32.8. The first-order valence-corrected chi connectivity index (χ1v) is 11.8. The van der Waals surface area contributed by atoms with Gasteiger partial charge in [-0.2, -0.15) is 16.9 Å². The van der Waals surface area contributed by atoms with Gasteiger partial charge in [-0.05, 0) is 38.8 Å². The molecule has 5 aliphatic rings. The van der Waals surface area contributed by atoms with Crippen molar-refractivity contribution in [1.82, 2.24) is 15.1 Å². The molecule has 4 heterocycles. The number of nitrogens with one attached hydrogen (secondary N) is 1. The first kappa shape index (κ1) is 18.4. The molecule has 6 nitrogen and oxygen atoms in total. The average Bonchev–Trinajstić information content (AvgIpc) is 3.13. The number of fused-ring (bicyclic) bond motifs is 3. The van der Waals surface area contributed by atoms with Crippen LogP contribution in [0.2, 0.25) is 0 Å². The fourth-order valence-corrected chi connectivity index (χ4v) is 6.17. The Kier molecular flexibility index (Phi) is 5.05. The molecule has 7 heteroatoms. The molecule has 4 aliphatic heterocycles. The number of amides is 1. The quantitative estimate of drug-likeness (QED) is 0.790. The van der Waals surface area contributed by atoms with E-state index in [1.54, 1.807) is 0 Å². The van der Waals surface area contributed by atoms with Crippen molar-refractivity contribution in [3.05, 3.63) is 23.4 Å². The van der Waals surface area contributed by atoms with Crippen LogP contribution in [0.15, 0.2) is 33.6 Å². The molecule has 5 rings (SSSR count). The van der Waals surface area contributed by atoms with Crippen molar-refractivity contribution in [1.29, 1.82) is 0 Å². The molecule has 0 aromatic carbocycles. The molecule has 2 bridgehead atoms. The zero-order chi connectivity index (χ0) is 19.1. The van der Waals surface area contributed by atoms with Gasteiger partial charge in [0, 0.05) is 60.4 Å². The number of hydrogen-bond acceptors (Lipinski definition) is 6. The topological polar surface area (TPSA) is 60.3 Å². The van der Waals surface area contributed by atoms with E-state index in [9.17, 15) is 4.79 Å². The lowest BCUT2D eigenvalue weighted by atomic mass is 9.82. The first-order chi connectivity index (χ1) is 13.7. The monoisotopic (exact) mass is 399 g/mol. The predicted molar refractivity (Wildman–Crippen MR) is 115 cm³/mol. The van der Waals surface area contributed by atoms with Crippen LogP contribution in [-0.4, -0.2) is 76.9 Å². The number of carbonyl (C=O) groups excluding carboxylic acids is 1. The summed E-state index contributed by atoms with van der Waals surface area (Å²) < 4.78 is 0. The molecule has 1 amide bonds. The molecule has 0 spiro atoms. The Bertz CT molecular complexity index is 766. The van der Waals surface area contributed by atoms with Crippen molar-refractivity contribution in [2.24, 2.45) is 10.2 Å². The fourth-order valence-electron chi connectivity index (χ4n) is 5.26. The van der Waals surface area contributed by atoms with Crippen LogP contribution in [0.1, 0.15) is 38.5 Å². The lowest BCUT2D eigenvalue weighted by Crippen LogP contribution is -2.56. The van der Waals surface area contributed by atoms with Gasteiger partial charge in [-0.25, -0.2) is 0 Å². The largest absolute Gasteiger partial charge is 0.370 e. The molecule has 2 atom stereocenters. The number of thioether (sulfide) groups is 1.